The Hall–Kier alpha value is -1.52. The van der Waals surface area contributed by atoms with Gasteiger partial charge in [-0.15, -0.1) is 0 Å². The Kier molecular flexibility index (Phi) is 3.44. The lowest BCUT2D eigenvalue weighted by Crippen LogP contribution is -2.15. The summed E-state index contributed by atoms with van der Waals surface area (Å²) in [5.74, 6) is 1.42. The molecular weight excluding hydrogens is 308 g/mol. The van der Waals surface area contributed by atoms with Gasteiger partial charge in [0.1, 0.15) is 19.3 Å². The van der Waals surface area contributed by atoms with Gasteiger partial charge in [-0.05, 0) is 29.3 Å². The third kappa shape index (κ3) is 2.46. The lowest BCUT2D eigenvalue weighted by atomic mass is 10.0. The second-order valence-corrected chi connectivity index (χ2v) is 5.18. The largest absolute Gasteiger partial charge is 0.486 e. The zero-order valence-electron chi connectivity index (χ0n) is 10.2. The molecule has 0 aliphatic carbocycles. The number of benzene rings is 2. The van der Waals surface area contributed by atoms with Crippen molar-refractivity contribution in [3.05, 3.63) is 58.1 Å². The fraction of sp³-hybridized carbons (Fsp3) is 0.200. The summed E-state index contributed by atoms with van der Waals surface area (Å²) in [5.41, 5.74) is 1.62. The average molecular weight is 321 g/mol. The number of fused-ring (bicyclic) bond motifs is 1. The Morgan fingerprint density at radius 2 is 1.74 bits per heavy atom. The normalized spacial score (nSPS) is 15.1. The van der Waals surface area contributed by atoms with Crippen LogP contribution in [0.4, 0.5) is 0 Å². The van der Waals surface area contributed by atoms with Crippen molar-refractivity contribution in [3.8, 4) is 11.5 Å². The second kappa shape index (κ2) is 5.23. The Bertz CT molecular complexity index is 598. The molecule has 3 rings (SSSR count). The van der Waals surface area contributed by atoms with Gasteiger partial charge in [0.25, 0.3) is 0 Å². The van der Waals surface area contributed by atoms with Crippen molar-refractivity contribution in [3.63, 3.8) is 0 Å². The fourth-order valence-corrected chi connectivity index (χ4v) is 2.61. The highest BCUT2D eigenvalue weighted by atomic mass is 79.9. The SMILES string of the molecule is OC(c1ccc2c(c1)OCCO2)c1ccccc1Br. The number of aliphatic hydroxyl groups is 1. The van der Waals surface area contributed by atoms with Crippen LogP contribution in [-0.4, -0.2) is 18.3 Å². The lowest BCUT2D eigenvalue weighted by molar-refractivity contribution is 0.169. The first-order valence-electron chi connectivity index (χ1n) is 6.08. The van der Waals surface area contributed by atoms with Gasteiger partial charge in [0.05, 0.1) is 0 Å². The van der Waals surface area contributed by atoms with E-state index in [-0.39, 0.29) is 0 Å². The molecule has 98 valence electrons. The van der Waals surface area contributed by atoms with Gasteiger partial charge >= 0.3 is 0 Å². The first-order chi connectivity index (χ1) is 9.25. The van der Waals surface area contributed by atoms with Crippen molar-refractivity contribution in [2.75, 3.05) is 13.2 Å². The van der Waals surface area contributed by atoms with Crippen LogP contribution in [0.15, 0.2) is 46.9 Å². The molecule has 0 saturated carbocycles. The molecule has 3 nitrogen and oxygen atoms in total. The number of hydrogen-bond acceptors (Lipinski definition) is 3. The number of rotatable bonds is 2. The molecular formula is C15H13BrO3. The number of aliphatic hydroxyl groups excluding tert-OH is 1. The maximum Gasteiger partial charge on any atom is 0.161 e. The molecule has 19 heavy (non-hydrogen) atoms. The number of ether oxygens (including phenoxy) is 2. The molecule has 1 aliphatic rings. The standard InChI is InChI=1S/C15H13BrO3/c16-12-4-2-1-3-11(12)15(17)10-5-6-13-14(9-10)19-8-7-18-13/h1-6,9,15,17H,7-8H2. The van der Waals surface area contributed by atoms with Crippen LogP contribution < -0.4 is 9.47 Å². The van der Waals surface area contributed by atoms with Gasteiger partial charge in [-0.25, -0.2) is 0 Å². The molecule has 4 heteroatoms. The van der Waals surface area contributed by atoms with E-state index in [1.54, 1.807) is 0 Å². The van der Waals surface area contributed by atoms with E-state index in [4.69, 9.17) is 9.47 Å². The van der Waals surface area contributed by atoms with Crippen LogP contribution in [0.1, 0.15) is 17.2 Å². The van der Waals surface area contributed by atoms with Gasteiger partial charge in [-0.1, -0.05) is 40.2 Å². The highest BCUT2D eigenvalue weighted by Crippen LogP contribution is 2.35. The monoisotopic (exact) mass is 320 g/mol. The van der Waals surface area contributed by atoms with Crippen molar-refractivity contribution >= 4 is 15.9 Å². The van der Waals surface area contributed by atoms with Gasteiger partial charge in [0, 0.05) is 4.47 Å². The van der Waals surface area contributed by atoms with E-state index in [0.29, 0.717) is 19.0 Å². The fourth-order valence-electron chi connectivity index (χ4n) is 2.11. The van der Waals surface area contributed by atoms with Crippen molar-refractivity contribution in [2.45, 2.75) is 6.10 Å². The molecule has 0 aromatic heterocycles. The van der Waals surface area contributed by atoms with Crippen LogP contribution in [0.3, 0.4) is 0 Å². The Morgan fingerprint density at radius 1 is 1.00 bits per heavy atom. The molecule has 1 heterocycles. The molecule has 0 saturated heterocycles. The van der Waals surface area contributed by atoms with E-state index in [9.17, 15) is 5.11 Å². The topological polar surface area (TPSA) is 38.7 Å². The molecule has 2 aromatic carbocycles. The van der Waals surface area contributed by atoms with Crippen LogP contribution >= 0.6 is 15.9 Å². The predicted molar refractivity (Wildman–Crippen MR) is 75.6 cm³/mol. The molecule has 0 bridgehead atoms. The third-order valence-electron chi connectivity index (χ3n) is 3.08. The zero-order chi connectivity index (χ0) is 13.2. The first-order valence-corrected chi connectivity index (χ1v) is 6.87. The maximum atomic E-state index is 10.4. The summed E-state index contributed by atoms with van der Waals surface area (Å²) in [6.45, 7) is 1.11. The van der Waals surface area contributed by atoms with E-state index in [0.717, 1.165) is 21.3 Å². The van der Waals surface area contributed by atoms with Gasteiger partial charge < -0.3 is 14.6 Å². The van der Waals surface area contributed by atoms with Crippen molar-refractivity contribution in [2.24, 2.45) is 0 Å². The quantitative estimate of drug-likeness (QED) is 0.922. The summed E-state index contributed by atoms with van der Waals surface area (Å²) in [6, 6.07) is 13.2. The molecule has 1 atom stereocenters. The number of hydrogen-bond donors (Lipinski definition) is 1. The Balaban J connectivity index is 1.96. The van der Waals surface area contributed by atoms with E-state index < -0.39 is 6.10 Å². The molecule has 1 aliphatic heterocycles. The molecule has 0 amide bonds. The van der Waals surface area contributed by atoms with Crippen molar-refractivity contribution in [1.29, 1.82) is 0 Å². The average Bonchev–Trinajstić information content (AvgIpc) is 2.46. The molecule has 1 N–H and O–H groups in total. The molecule has 0 fully saturated rings. The summed E-state index contributed by atoms with van der Waals surface area (Å²) in [6.07, 6.45) is -0.689. The lowest BCUT2D eigenvalue weighted by Gasteiger charge is -2.20. The summed E-state index contributed by atoms with van der Waals surface area (Å²) in [7, 11) is 0. The second-order valence-electron chi connectivity index (χ2n) is 4.33. The van der Waals surface area contributed by atoms with Gasteiger partial charge in [0.2, 0.25) is 0 Å². The minimum atomic E-state index is -0.689. The highest BCUT2D eigenvalue weighted by Gasteiger charge is 2.17. The Labute approximate surface area is 119 Å². The van der Waals surface area contributed by atoms with Crippen LogP contribution in [-0.2, 0) is 0 Å². The molecule has 0 radical (unpaired) electrons. The van der Waals surface area contributed by atoms with E-state index in [1.165, 1.54) is 0 Å². The molecule has 0 spiro atoms. The van der Waals surface area contributed by atoms with E-state index >= 15 is 0 Å². The van der Waals surface area contributed by atoms with Crippen molar-refractivity contribution in [1.82, 2.24) is 0 Å². The van der Waals surface area contributed by atoms with Gasteiger partial charge in [-0.2, -0.15) is 0 Å². The zero-order valence-corrected chi connectivity index (χ0v) is 11.8. The van der Waals surface area contributed by atoms with Crippen LogP contribution in [0.5, 0.6) is 11.5 Å². The van der Waals surface area contributed by atoms with Crippen LogP contribution in [0, 0.1) is 0 Å². The summed E-state index contributed by atoms with van der Waals surface area (Å²) >= 11 is 3.45. The Morgan fingerprint density at radius 3 is 2.53 bits per heavy atom. The van der Waals surface area contributed by atoms with Gasteiger partial charge in [-0.3, -0.25) is 0 Å². The van der Waals surface area contributed by atoms with Gasteiger partial charge in [0.15, 0.2) is 11.5 Å². The van der Waals surface area contributed by atoms with Crippen LogP contribution in [0.25, 0.3) is 0 Å². The minimum absolute atomic E-state index is 0.543. The minimum Gasteiger partial charge on any atom is -0.486 e. The maximum absolute atomic E-state index is 10.4. The number of halogens is 1. The highest BCUT2D eigenvalue weighted by molar-refractivity contribution is 9.10. The third-order valence-corrected chi connectivity index (χ3v) is 3.80. The first kappa shape index (κ1) is 12.5. The van der Waals surface area contributed by atoms with Crippen LogP contribution in [0.2, 0.25) is 0 Å². The summed E-state index contributed by atoms with van der Waals surface area (Å²) in [4.78, 5) is 0. The predicted octanol–water partition coefficient (Wildman–Crippen LogP) is 3.30. The molecule has 2 aromatic rings. The summed E-state index contributed by atoms with van der Waals surface area (Å²) in [5, 5.41) is 10.4. The van der Waals surface area contributed by atoms with E-state index in [2.05, 4.69) is 15.9 Å². The smallest absolute Gasteiger partial charge is 0.161 e. The summed E-state index contributed by atoms with van der Waals surface area (Å²) < 4.78 is 11.9. The van der Waals surface area contributed by atoms with Crippen molar-refractivity contribution < 1.29 is 14.6 Å². The van der Waals surface area contributed by atoms with E-state index in [1.807, 2.05) is 42.5 Å². The molecule has 1 unspecified atom stereocenters.